The maximum atomic E-state index is 12.8. The van der Waals surface area contributed by atoms with Crippen LogP contribution in [0.1, 0.15) is 21.6 Å². The molecule has 1 amide bonds. The molecule has 3 aromatic rings. The molecule has 2 aromatic carbocycles. The van der Waals surface area contributed by atoms with Crippen LogP contribution in [-0.4, -0.2) is 17.1 Å². The van der Waals surface area contributed by atoms with Gasteiger partial charge >= 0.3 is 0 Å². The largest absolute Gasteiger partial charge is 0.350 e. The molecule has 2 N–H and O–H groups in total. The molecule has 0 aliphatic rings. The Balaban J connectivity index is 1.76. The highest BCUT2D eigenvalue weighted by atomic mass is 19.1. The molecule has 0 fully saturated rings. The number of rotatable bonds is 3. The molecular weight excluding hydrogens is 281 g/mol. The normalized spacial score (nSPS) is 11.2. The van der Waals surface area contributed by atoms with Crippen molar-refractivity contribution < 1.29 is 9.18 Å². The number of nitrogens with one attached hydrogen (secondary N) is 2. The third kappa shape index (κ3) is 2.74. The van der Waals surface area contributed by atoms with Gasteiger partial charge in [-0.15, -0.1) is 0 Å². The summed E-state index contributed by atoms with van der Waals surface area (Å²) in [7, 11) is 0. The Morgan fingerprint density at radius 2 is 1.91 bits per heavy atom. The number of hydrogen-bond acceptors (Lipinski definition) is 2. The van der Waals surface area contributed by atoms with Crippen molar-refractivity contribution in [1.29, 1.82) is 0 Å². The number of aryl methyl sites for hydroxylation is 1. The molecule has 0 saturated carbocycles. The first-order chi connectivity index (χ1) is 10.6. The van der Waals surface area contributed by atoms with Gasteiger partial charge in [0.2, 0.25) is 0 Å². The van der Waals surface area contributed by atoms with E-state index < -0.39 is 0 Å². The number of nitrogens with zero attached hydrogens (tertiary/aromatic N) is 1. The van der Waals surface area contributed by atoms with Gasteiger partial charge in [0.05, 0.1) is 6.21 Å². The van der Waals surface area contributed by atoms with E-state index in [0.29, 0.717) is 11.3 Å². The lowest BCUT2D eigenvalue weighted by molar-refractivity contribution is 0.0950. The van der Waals surface area contributed by atoms with Crippen molar-refractivity contribution in [2.24, 2.45) is 5.10 Å². The molecule has 0 aliphatic heterocycles. The number of aromatic nitrogens is 1. The predicted molar refractivity (Wildman–Crippen MR) is 84.5 cm³/mol. The van der Waals surface area contributed by atoms with Crippen LogP contribution in [0, 0.1) is 12.7 Å². The predicted octanol–water partition coefficient (Wildman–Crippen LogP) is 3.38. The first-order valence-corrected chi connectivity index (χ1v) is 6.81. The highest BCUT2D eigenvalue weighted by Gasteiger charge is 2.13. The van der Waals surface area contributed by atoms with E-state index in [1.807, 2.05) is 31.2 Å². The van der Waals surface area contributed by atoms with Crippen LogP contribution in [0.5, 0.6) is 0 Å². The number of amides is 1. The number of carbonyl (C=O) groups excluding carboxylic acids is 1. The van der Waals surface area contributed by atoms with Gasteiger partial charge in [0.15, 0.2) is 0 Å². The van der Waals surface area contributed by atoms with E-state index in [-0.39, 0.29) is 11.7 Å². The second-order valence-corrected chi connectivity index (χ2v) is 4.92. The average Bonchev–Trinajstić information content (AvgIpc) is 2.87. The number of hydrogen-bond donors (Lipinski definition) is 2. The summed E-state index contributed by atoms with van der Waals surface area (Å²) in [5.74, 6) is -0.623. The molecule has 0 bridgehead atoms. The van der Waals surface area contributed by atoms with Gasteiger partial charge in [-0.1, -0.05) is 30.3 Å². The second kappa shape index (κ2) is 5.81. The number of fused-ring (bicyclic) bond motifs is 1. The van der Waals surface area contributed by atoms with Crippen molar-refractivity contribution >= 4 is 23.0 Å². The standard InChI is InChI=1S/C17H14FN3O/c1-11-14-4-2-3-5-15(14)20-16(11)17(22)21-19-10-12-6-8-13(18)9-7-12/h2-10,20H,1H3,(H,21,22)/b19-10-. The van der Waals surface area contributed by atoms with E-state index >= 15 is 0 Å². The zero-order valence-electron chi connectivity index (χ0n) is 11.9. The van der Waals surface area contributed by atoms with Crippen LogP contribution in [0.15, 0.2) is 53.6 Å². The summed E-state index contributed by atoms with van der Waals surface area (Å²) >= 11 is 0. The first kappa shape index (κ1) is 14.0. The maximum absolute atomic E-state index is 12.8. The van der Waals surface area contributed by atoms with Crippen molar-refractivity contribution in [3.8, 4) is 0 Å². The van der Waals surface area contributed by atoms with Crippen molar-refractivity contribution in [2.75, 3.05) is 0 Å². The monoisotopic (exact) mass is 295 g/mol. The van der Waals surface area contributed by atoms with Gasteiger partial charge in [-0.05, 0) is 36.2 Å². The number of hydrazone groups is 1. The third-order valence-corrected chi connectivity index (χ3v) is 3.44. The van der Waals surface area contributed by atoms with Gasteiger partial charge in [0.1, 0.15) is 11.5 Å². The highest BCUT2D eigenvalue weighted by molar-refractivity contribution is 6.01. The minimum Gasteiger partial charge on any atom is -0.350 e. The van der Waals surface area contributed by atoms with Crippen LogP contribution in [0.2, 0.25) is 0 Å². The molecule has 4 nitrogen and oxygen atoms in total. The molecule has 0 saturated heterocycles. The van der Waals surface area contributed by atoms with Crippen LogP contribution in [0.3, 0.4) is 0 Å². The first-order valence-electron chi connectivity index (χ1n) is 6.81. The number of halogens is 1. The van der Waals surface area contributed by atoms with Gasteiger partial charge in [-0.3, -0.25) is 4.79 Å². The summed E-state index contributed by atoms with van der Waals surface area (Å²) in [5, 5.41) is 4.90. The Hall–Kier alpha value is -2.95. The van der Waals surface area contributed by atoms with Crippen molar-refractivity contribution in [3.63, 3.8) is 0 Å². The molecule has 3 rings (SSSR count). The van der Waals surface area contributed by atoms with Crippen LogP contribution in [0.4, 0.5) is 4.39 Å². The number of aromatic amines is 1. The Labute approximate surface area is 126 Å². The molecule has 110 valence electrons. The minimum absolute atomic E-state index is 0.310. The molecule has 0 radical (unpaired) electrons. The zero-order chi connectivity index (χ0) is 15.5. The highest BCUT2D eigenvalue weighted by Crippen LogP contribution is 2.20. The summed E-state index contributed by atoms with van der Waals surface area (Å²) in [4.78, 5) is 15.2. The third-order valence-electron chi connectivity index (χ3n) is 3.44. The summed E-state index contributed by atoms with van der Waals surface area (Å²) in [6.07, 6.45) is 1.47. The van der Waals surface area contributed by atoms with E-state index in [0.717, 1.165) is 16.5 Å². The fourth-order valence-electron chi connectivity index (χ4n) is 2.28. The Bertz CT molecular complexity index is 850. The van der Waals surface area contributed by atoms with E-state index in [9.17, 15) is 9.18 Å². The molecule has 1 heterocycles. The Morgan fingerprint density at radius 3 is 2.64 bits per heavy atom. The summed E-state index contributed by atoms with van der Waals surface area (Å²) in [6, 6.07) is 13.6. The fourth-order valence-corrected chi connectivity index (χ4v) is 2.28. The molecule has 22 heavy (non-hydrogen) atoms. The number of H-pyrrole nitrogens is 1. The smallest absolute Gasteiger partial charge is 0.288 e. The van der Waals surface area contributed by atoms with Crippen LogP contribution < -0.4 is 5.43 Å². The SMILES string of the molecule is Cc1c(C(=O)N/N=C\c2ccc(F)cc2)[nH]c2ccccc12. The van der Waals surface area contributed by atoms with Crippen molar-refractivity contribution in [2.45, 2.75) is 6.92 Å². The lowest BCUT2D eigenvalue weighted by Crippen LogP contribution is -2.18. The molecule has 5 heteroatoms. The molecule has 0 atom stereocenters. The van der Waals surface area contributed by atoms with Crippen molar-refractivity contribution in [3.05, 3.63) is 71.2 Å². The van der Waals surface area contributed by atoms with Crippen LogP contribution in [0.25, 0.3) is 10.9 Å². The maximum Gasteiger partial charge on any atom is 0.288 e. The van der Waals surface area contributed by atoms with Gasteiger partial charge in [-0.25, -0.2) is 9.82 Å². The molecule has 1 aromatic heterocycles. The molecule has 0 aliphatic carbocycles. The van der Waals surface area contributed by atoms with Gasteiger partial charge in [0.25, 0.3) is 5.91 Å². The quantitative estimate of drug-likeness (QED) is 0.565. The van der Waals surface area contributed by atoms with E-state index in [1.54, 1.807) is 12.1 Å². The van der Waals surface area contributed by atoms with Gasteiger partial charge < -0.3 is 4.98 Å². The zero-order valence-corrected chi connectivity index (χ0v) is 11.9. The Morgan fingerprint density at radius 1 is 1.18 bits per heavy atom. The second-order valence-electron chi connectivity index (χ2n) is 4.92. The average molecular weight is 295 g/mol. The van der Waals surface area contributed by atoms with Gasteiger partial charge in [0, 0.05) is 10.9 Å². The minimum atomic E-state index is -0.313. The fraction of sp³-hybridized carbons (Fsp3) is 0.0588. The van der Waals surface area contributed by atoms with Crippen molar-refractivity contribution in [1.82, 2.24) is 10.4 Å². The summed E-state index contributed by atoms with van der Waals surface area (Å²) < 4.78 is 12.8. The summed E-state index contributed by atoms with van der Waals surface area (Å²) in [5.41, 5.74) is 5.45. The van der Waals surface area contributed by atoms with Crippen LogP contribution in [-0.2, 0) is 0 Å². The lowest BCUT2D eigenvalue weighted by atomic mass is 10.1. The van der Waals surface area contributed by atoms with Crippen LogP contribution >= 0.6 is 0 Å². The lowest BCUT2D eigenvalue weighted by Gasteiger charge is -1.98. The van der Waals surface area contributed by atoms with E-state index in [4.69, 9.17) is 0 Å². The Kier molecular flexibility index (Phi) is 3.70. The number of benzene rings is 2. The van der Waals surface area contributed by atoms with Gasteiger partial charge in [-0.2, -0.15) is 5.10 Å². The number of para-hydroxylation sites is 1. The summed E-state index contributed by atoms with van der Waals surface area (Å²) in [6.45, 7) is 1.89. The van der Waals surface area contributed by atoms with E-state index in [1.165, 1.54) is 18.3 Å². The number of carbonyl (C=O) groups is 1. The molecule has 0 spiro atoms. The van der Waals surface area contributed by atoms with E-state index in [2.05, 4.69) is 15.5 Å². The molecular formula is C17H14FN3O. The topological polar surface area (TPSA) is 57.2 Å². The molecule has 0 unspecified atom stereocenters.